The summed E-state index contributed by atoms with van der Waals surface area (Å²) in [6.45, 7) is 3.01. The number of likely N-dealkylation sites (N-methyl/N-ethyl adjacent to an activating group) is 1. The monoisotopic (exact) mass is 228 g/mol. The zero-order chi connectivity index (χ0) is 12.2. The predicted molar refractivity (Wildman–Crippen MR) is 64.1 cm³/mol. The van der Waals surface area contributed by atoms with Gasteiger partial charge in [0.25, 0.3) is 0 Å². The van der Waals surface area contributed by atoms with Gasteiger partial charge < -0.3 is 15.3 Å². The number of nitrogens with one attached hydrogen (secondary N) is 1. The molecule has 0 bridgehead atoms. The maximum absolute atomic E-state index is 11.3. The molecule has 0 saturated heterocycles. The van der Waals surface area contributed by atoms with Gasteiger partial charge in [0.2, 0.25) is 5.91 Å². The highest BCUT2D eigenvalue weighted by atomic mass is 16.3. The van der Waals surface area contributed by atoms with E-state index in [2.05, 4.69) is 12.2 Å². The largest absolute Gasteiger partial charge is 0.389 e. The van der Waals surface area contributed by atoms with Crippen LogP contribution in [0.2, 0.25) is 0 Å². The molecule has 2 atom stereocenters. The fourth-order valence-electron chi connectivity index (χ4n) is 2.35. The van der Waals surface area contributed by atoms with Crippen LogP contribution in [0.1, 0.15) is 32.6 Å². The number of hydrogen-bond acceptors (Lipinski definition) is 3. The Morgan fingerprint density at radius 3 is 2.81 bits per heavy atom. The van der Waals surface area contributed by atoms with E-state index in [1.807, 2.05) is 0 Å². The zero-order valence-corrected chi connectivity index (χ0v) is 10.6. The number of amides is 1. The quantitative estimate of drug-likeness (QED) is 0.741. The maximum atomic E-state index is 11.3. The lowest BCUT2D eigenvalue weighted by molar-refractivity contribution is -0.128. The van der Waals surface area contributed by atoms with E-state index in [1.165, 1.54) is 6.42 Å². The molecule has 0 aromatic rings. The first-order valence-corrected chi connectivity index (χ1v) is 6.06. The minimum Gasteiger partial charge on any atom is -0.389 e. The Hall–Kier alpha value is -0.610. The van der Waals surface area contributed by atoms with Gasteiger partial charge in [-0.15, -0.1) is 0 Å². The molecule has 0 radical (unpaired) electrons. The molecule has 1 amide bonds. The van der Waals surface area contributed by atoms with Crippen molar-refractivity contribution < 1.29 is 9.90 Å². The third kappa shape index (κ3) is 4.10. The van der Waals surface area contributed by atoms with Crippen LogP contribution in [0.3, 0.4) is 0 Å². The van der Waals surface area contributed by atoms with Crippen molar-refractivity contribution in [2.45, 2.75) is 38.2 Å². The Kier molecular flexibility index (Phi) is 4.74. The average Bonchev–Trinajstić information content (AvgIpc) is 2.16. The van der Waals surface area contributed by atoms with Gasteiger partial charge in [0.15, 0.2) is 0 Å². The van der Waals surface area contributed by atoms with Crippen LogP contribution in [0.4, 0.5) is 0 Å². The highest BCUT2D eigenvalue weighted by Gasteiger charge is 2.32. The molecular weight excluding hydrogens is 204 g/mol. The number of nitrogens with zero attached hydrogens (tertiary/aromatic N) is 1. The van der Waals surface area contributed by atoms with E-state index < -0.39 is 5.60 Å². The van der Waals surface area contributed by atoms with Crippen LogP contribution in [-0.2, 0) is 4.79 Å². The molecule has 0 spiro atoms. The average molecular weight is 228 g/mol. The Labute approximate surface area is 98.0 Å². The number of carbonyl (C=O) groups is 1. The van der Waals surface area contributed by atoms with Crippen LogP contribution in [0.5, 0.6) is 0 Å². The molecule has 0 aromatic carbocycles. The second kappa shape index (κ2) is 5.64. The Morgan fingerprint density at radius 1 is 1.56 bits per heavy atom. The summed E-state index contributed by atoms with van der Waals surface area (Å²) in [4.78, 5) is 12.9. The predicted octanol–water partition coefficient (Wildman–Crippen LogP) is 0.605. The van der Waals surface area contributed by atoms with Gasteiger partial charge in [0.05, 0.1) is 12.1 Å². The SMILES string of the molecule is CC1CCCC(O)(CNCC(=O)N(C)C)C1. The fraction of sp³-hybridized carbons (Fsp3) is 0.917. The molecule has 1 aliphatic rings. The Morgan fingerprint density at radius 2 is 2.25 bits per heavy atom. The molecule has 94 valence electrons. The normalized spacial score (nSPS) is 30.1. The molecular formula is C12H24N2O2. The summed E-state index contributed by atoms with van der Waals surface area (Å²) < 4.78 is 0. The maximum Gasteiger partial charge on any atom is 0.236 e. The van der Waals surface area contributed by atoms with Crippen molar-refractivity contribution >= 4 is 5.91 Å². The third-order valence-electron chi connectivity index (χ3n) is 3.30. The molecule has 0 aliphatic heterocycles. The van der Waals surface area contributed by atoms with Crippen LogP contribution < -0.4 is 5.32 Å². The summed E-state index contributed by atoms with van der Waals surface area (Å²) in [5.74, 6) is 0.637. The zero-order valence-electron chi connectivity index (χ0n) is 10.6. The first-order valence-electron chi connectivity index (χ1n) is 6.06. The molecule has 1 saturated carbocycles. The van der Waals surface area contributed by atoms with Crippen molar-refractivity contribution in [1.29, 1.82) is 0 Å². The molecule has 1 fully saturated rings. The number of rotatable bonds is 4. The molecule has 0 heterocycles. The van der Waals surface area contributed by atoms with E-state index in [-0.39, 0.29) is 5.91 Å². The van der Waals surface area contributed by atoms with E-state index in [9.17, 15) is 9.90 Å². The highest BCUT2D eigenvalue weighted by Crippen LogP contribution is 2.31. The van der Waals surface area contributed by atoms with Gasteiger partial charge in [0, 0.05) is 20.6 Å². The van der Waals surface area contributed by atoms with Gasteiger partial charge in [-0.3, -0.25) is 4.79 Å². The van der Waals surface area contributed by atoms with Crippen LogP contribution in [0.15, 0.2) is 0 Å². The van der Waals surface area contributed by atoms with Gasteiger partial charge in [-0.25, -0.2) is 0 Å². The molecule has 2 N–H and O–H groups in total. The van der Waals surface area contributed by atoms with Gasteiger partial charge in [-0.1, -0.05) is 19.8 Å². The topological polar surface area (TPSA) is 52.6 Å². The lowest BCUT2D eigenvalue weighted by Gasteiger charge is -2.35. The summed E-state index contributed by atoms with van der Waals surface area (Å²) in [5.41, 5.74) is -0.607. The van der Waals surface area contributed by atoms with Crippen molar-refractivity contribution in [3.8, 4) is 0 Å². The van der Waals surface area contributed by atoms with Crippen LogP contribution in [-0.4, -0.2) is 48.7 Å². The van der Waals surface area contributed by atoms with Crippen LogP contribution >= 0.6 is 0 Å². The first kappa shape index (κ1) is 13.5. The summed E-state index contributed by atoms with van der Waals surface area (Å²) in [6, 6.07) is 0. The van der Waals surface area contributed by atoms with Gasteiger partial charge >= 0.3 is 0 Å². The van der Waals surface area contributed by atoms with Crippen molar-refractivity contribution in [3.05, 3.63) is 0 Å². The van der Waals surface area contributed by atoms with Gasteiger partial charge in [-0.2, -0.15) is 0 Å². The molecule has 1 rings (SSSR count). The lowest BCUT2D eigenvalue weighted by atomic mass is 9.79. The standard InChI is InChI=1S/C12H24N2O2/c1-10-5-4-6-12(16,7-10)9-13-8-11(15)14(2)3/h10,13,16H,4-9H2,1-3H3. The van der Waals surface area contributed by atoms with E-state index in [4.69, 9.17) is 0 Å². The minimum absolute atomic E-state index is 0.0486. The van der Waals surface area contributed by atoms with Crippen LogP contribution in [0.25, 0.3) is 0 Å². The van der Waals surface area contributed by atoms with Crippen LogP contribution in [0, 0.1) is 5.92 Å². The summed E-state index contributed by atoms with van der Waals surface area (Å²) in [5, 5.41) is 13.4. The molecule has 1 aliphatic carbocycles. The van der Waals surface area contributed by atoms with Gasteiger partial charge in [0.1, 0.15) is 0 Å². The first-order chi connectivity index (χ1) is 7.43. The number of carbonyl (C=O) groups excluding carboxylic acids is 1. The summed E-state index contributed by atoms with van der Waals surface area (Å²) in [6.07, 6.45) is 3.98. The van der Waals surface area contributed by atoms with E-state index >= 15 is 0 Å². The molecule has 0 aromatic heterocycles. The highest BCUT2D eigenvalue weighted by molar-refractivity contribution is 5.77. The lowest BCUT2D eigenvalue weighted by Crippen LogP contribution is -2.46. The van der Waals surface area contributed by atoms with Crippen molar-refractivity contribution in [1.82, 2.24) is 10.2 Å². The summed E-state index contributed by atoms with van der Waals surface area (Å²) >= 11 is 0. The van der Waals surface area contributed by atoms with E-state index in [1.54, 1.807) is 19.0 Å². The third-order valence-corrected chi connectivity index (χ3v) is 3.30. The van der Waals surface area contributed by atoms with Crippen molar-refractivity contribution in [2.75, 3.05) is 27.2 Å². The number of aliphatic hydroxyl groups is 1. The molecule has 4 nitrogen and oxygen atoms in total. The fourth-order valence-corrected chi connectivity index (χ4v) is 2.35. The molecule has 4 heteroatoms. The smallest absolute Gasteiger partial charge is 0.236 e. The van der Waals surface area contributed by atoms with E-state index in [0.29, 0.717) is 19.0 Å². The second-order valence-electron chi connectivity index (χ2n) is 5.32. The Balaban J connectivity index is 2.28. The van der Waals surface area contributed by atoms with E-state index in [0.717, 1.165) is 19.3 Å². The van der Waals surface area contributed by atoms with Crippen molar-refractivity contribution in [3.63, 3.8) is 0 Å². The second-order valence-corrected chi connectivity index (χ2v) is 5.32. The molecule has 16 heavy (non-hydrogen) atoms. The molecule has 2 unspecified atom stereocenters. The Bertz CT molecular complexity index is 243. The van der Waals surface area contributed by atoms with Gasteiger partial charge in [-0.05, 0) is 18.8 Å². The number of hydrogen-bond donors (Lipinski definition) is 2. The summed E-state index contributed by atoms with van der Waals surface area (Å²) in [7, 11) is 3.48. The minimum atomic E-state index is -0.607. The van der Waals surface area contributed by atoms with Crippen molar-refractivity contribution in [2.24, 2.45) is 5.92 Å².